The standard InChI is InChI=1S/C18H16N2O3/c1-2-23-18(22)20-11-10-14-12-15(8-9-16(14)20)19-17(21)13-6-4-3-5-7-13/h3-12H,2H2,1H3,(H,19,21). The van der Waals surface area contributed by atoms with Crippen molar-refractivity contribution < 1.29 is 14.3 Å². The molecule has 1 heterocycles. The van der Waals surface area contributed by atoms with Gasteiger partial charge in [-0.2, -0.15) is 0 Å². The number of aromatic nitrogens is 1. The molecule has 0 fully saturated rings. The number of rotatable bonds is 3. The van der Waals surface area contributed by atoms with Gasteiger partial charge in [0.25, 0.3) is 5.91 Å². The minimum absolute atomic E-state index is 0.172. The summed E-state index contributed by atoms with van der Waals surface area (Å²) < 4.78 is 6.45. The molecule has 5 nitrogen and oxygen atoms in total. The summed E-state index contributed by atoms with van der Waals surface area (Å²) >= 11 is 0. The first kappa shape index (κ1) is 14.8. The normalized spacial score (nSPS) is 10.5. The maximum atomic E-state index is 12.2. The lowest BCUT2D eigenvalue weighted by atomic mass is 10.2. The Labute approximate surface area is 133 Å². The van der Waals surface area contributed by atoms with Crippen LogP contribution in [0.2, 0.25) is 0 Å². The Bertz CT molecular complexity index is 853. The molecule has 0 saturated carbocycles. The van der Waals surface area contributed by atoms with Crippen LogP contribution in [0.1, 0.15) is 17.3 Å². The molecule has 3 aromatic rings. The van der Waals surface area contributed by atoms with Gasteiger partial charge in [0.1, 0.15) is 0 Å². The third-order valence-corrected chi connectivity index (χ3v) is 3.45. The van der Waals surface area contributed by atoms with E-state index < -0.39 is 6.09 Å². The Balaban J connectivity index is 1.84. The molecule has 1 aromatic heterocycles. The average Bonchev–Trinajstić information content (AvgIpc) is 2.99. The van der Waals surface area contributed by atoms with Gasteiger partial charge in [0.2, 0.25) is 0 Å². The van der Waals surface area contributed by atoms with Crippen LogP contribution in [-0.4, -0.2) is 23.2 Å². The van der Waals surface area contributed by atoms with Gasteiger partial charge in [-0.3, -0.25) is 9.36 Å². The molecule has 5 heteroatoms. The zero-order valence-electron chi connectivity index (χ0n) is 12.7. The molecule has 2 aromatic carbocycles. The van der Waals surface area contributed by atoms with Crippen LogP contribution >= 0.6 is 0 Å². The fraction of sp³-hybridized carbons (Fsp3) is 0.111. The zero-order valence-corrected chi connectivity index (χ0v) is 12.7. The molecule has 0 spiro atoms. The SMILES string of the molecule is CCOC(=O)n1ccc2cc(NC(=O)c3ccccc3)ccc21. The van der Waals surface area contributed by atoms with E-state index in [9.17, 15) is 9.59 Å². The van der Waals surface area contributed by atoms with Crippen LogP contribution in [0.5, 0.6) is 0 Å². The lowest BCUT2D eigenvalue weighted by molar-refractivity contribution is 0.102. The van der Waals surface area contributed by atoms with E-state index >= 15 is 0 Å². The zero-order chi connectivity index (χ0) is 16.2. The highest BCUT2D eigenvalue weighted by molar-refractivity contribution is 6.05. The van der Waals surface area contributed by atoms with Gasteiger partial charge >= 0.3 is 6.09 Å². The van der Waals surface area contributed by atoms with Crippen LogP contribution in [0.3, 0.4) is 0 Å². The molecule has 23 heavy (non-hydrogen) atoms. The number of carbonyl (C=O) groups excluding carboxylic acids is 2. The summed E-state index contributed by atoms with van der Waals surface area (Å²) in [5.74, 6) is -0.172. The highest BCUT2D eigenvalue weighted by Crippen LogP contribution is 2.21. The fourth-order valence-electron chi connectivity index (χ4n) is 2.37. The third kappa shape index (κ3) is 3.08. The number of hydrogen-bond acceptors (Lipinski definition) is 3. The number of carbonyl (C=O) groups is 2. The first-order chi connectivity index (χ1) is 11.2. The van der Waals surface area contributed by atoms with Crippen LogP contribution in [0.25, 0.3) is 10.9 Å². The van der Waals surface area contributed by atoms with Crippen LogP contribution in [-0.2, 0) is 4.74 Å². The van der Waals surface area contributed by atoms with E-state index in [1.807, 2.05) is 30.3 Å². The second-order valence-corrected chi connectivity index (χ2v) is 4.98. The van der Waals surface area contributed by atoms with E-state index in [2.05, 4.69) is 5.32 Å². The highest BCUT2D eigenvalue weighted by Gasteiger charge is 2.11. The number of ether oxygens (including phenoxy) is 1. The number of fused-ring (bicyclic) bond motifs is 1. The molecule has 0 aliphatic rings. The van der Waals surface area contributed by atoms with Crippen molar-refractivity contribution in [2.75, 3.05) is 11.9 Å². The van der Waals surface area contributed by atoms with Crippen molar-refractivity contribution in [3.05, 3.63) is 66.4 Å². The van der Waals surface area contributed by atoms with Crippen LogP contribution in [0.15, 0.2) is 60.8 Å². The van der Waals surface area contributed by atoms with Gasteiger partial charge in [0.05, 0.1) is 12.1 Å². The van der Waals surface area contributed by atoms with Crippen molar-refractivity contribution in [3.63, 3.8) is 0 Å². The van der Waals surface area contributed by atoms with Crippen LogP contribution < -0.4 is 5.32 Å². The summed E-state index contributed by atoms with van der Waals surface area (Å²) in [6.45, 7) is 2.09. The van der Waals surface area contributed by atoms with Crippen molar-refractivity contribution >= 4 is 28.6 Å². The summed E-state index contributed by atoms with van der Waals surface area (Å²) in [6.07, 6.45) is 1.24. The quantitative estimate of drug-likeness (QED) is 0.798. The van der Waals surface area contributed by atoms with Gasteiger partial charge in [0.15, 0.2) is 0 Å². The Kier molecular flexibility index (Phi) is 4.10. The monoisotopic (exact) mass is 308 g/mol. The van der Waals surface area contributed by atoms with Gasteiger partial charge in [-0.1, -0.05) is 18.2 Å². The lowest BCUT2D eigenvalue weighted by Crippen LogP contribution is -2.12. The number of nitrogens with zero attached hydrogens (tertiary/aromatic N) is 1. The van der Waals surface area contributed by atoms with Crippen molar-refractivity contribution in [2.24, 2.45) is 0 Å². The van der Waals surface area contributed by atoms with Gasteiger partial charge in [-0.25, -0.2) is 4.79 Å². The first-order valence-electron chi connectivity index (χ1n) is 7.33. The minimum atomic E-state index is -0.413. The Hall–Kier alpha value is -3.08. The molecule has 0 atom stereocenters. The summed E-state index contributed by atoms with van der Waals surface area (Å²) in [5, 5.41) is 3.70. The van der Waals surface area contributed by atoms with Crippen molar-refractivity contribution in [3.8, 4) is 0 Å². The predicted molar refractivity (Wildman–Crippen MR) is 88.8 cm³/mol. The van der Waals surface area contributed by atoms with E-state index in [0.29, 0.717) is 17.9 Å². The van der Waals surface area contributed by atoms with Crippen molar-refractivity contribution in [1.29, 1.82) is 0 Å². The predicted octanol–water partition coefficient (Wildman–Crippen LogP) is 3.90. The molecule has 3 rings (SSSR count). The van der Waals surface area contributed by atoms with E-state index in [1.165, 1.54) is 4.57 Å². The topological polar surface area (TPSA) is 60.3 Å². The van der Waals surface area contributed by atoms with E-state index in [0.717, 1.165) is 10.9 Å². The van der Waals surface area contributed by atoms with Crippen LogP contribution in [0.4, 0.5) is 10.5 Å². The fourth-order valence-corrected chi connectivity index (χ4v) is 2.37. The molecule has 1 amide bonds. The van der Waals surface area contributed by atoms with Crippen molar-refractivity contribution in [2.45, 2.75) is 6.92 Å². The number of amides is 1. The molecular weight excluding hydrogens is 292 g/mol. The summed E-state index contributed by atoms with van der Waals surface area (Å²) in [5.41, 5.74) is 2.01. The Morgan fingerprint density at radius 2 is 1.87 bits per heavy atom. The van der Waals surface area contributed by atoms with E-state index in [-0.39, 0.29) is 5.91 Å². The van der Waals surface area contributed by atoms with Crippen LogP contribution in [0, 0.1) is 0 Å². The van der Waals surface area contributed by atoms with E-state index in [1.54, 1.807) is 37.4 Å². The molecule has 0 aliphatic carbocycles. The minimum Gasteiger partial charge on any atom is -0.449 e. The van der Waals surface area contributed by atoms with Gasteiger partial charge < -0.3 is 10.1 Å². The number of hydrogen-bond donors (Lipinski definition) is 1. The maximum Gasteiger partial charge on any atom is 0.418 e. The molecule has 0 bridgehead atoms. The smallest absolute Gasteiger partial charge is 0.418 e. The molecule has 0 aliphatic heterocycles. The second kappa shape index (κ2) is 6.36. The summed E-state index contributed by atoms with van der Waals surface area (Å²) in [4.78, 5) is 24.0. The summed E-state index contributed by atoms with van der Waals surface area (Å²) in [6, 6.07) is 16.2. The number of benzene rings is 2. The summed E-state index contributed by atoms with van der Waals surface area (Å²) in [7, 11) is 0. The molecule has 0 unspecified atom stereocenters. The van der Waals surface area contributed by atoms with Gasteiger partial charge in [-0.15, -0.1) is 0 Å². The average molecular weight is 308 g/mol. The van der Waals surface area contributed by atoms with Gasteiger partial charge in [-0.05, 0) is 43.3 Å². The highest BCUT2D eigenvalue weighted by atomic mass is 16.5. The second-order valence-electron chi connectivity index (χ2n) is 4.98. The first-order valence-corrected chi connectivity index (χ1v) is 7.33. The number of nitrogens with one attached hydrogen (secondary N) is 1. The molecule has 0 saturated heterocycles. The van der Waals surface area contributed by atoms with E-state index in [4.69, 9.17) is 4.74 Å². The van der Waals surface area contributed by atoms with Gasteiger partial charge in [0, 0.05) is 22.8 Å². The maximum absolute atomic E-state index is 12.2. The molecule has 0 radical (unpaired) electrons. The molecule has 1 N–H and O–H groups in total. The number of anilines is 1. The third-order valence-electron chi connectivity index (χ3n) is 3.45. The molecular formula is C18H16N2O3. The Morgan fingerprint density at radius 1 is 1.09 bits per heavy atom. The Morgan fingerprint density at radius 3 is 2.61 bits per heavy atom. The molecule has 116 valence electrons. The largest absolute Gasteiger partial charge is 0.449 e. The van der Waals surface area contributed by atoms with Crippen molar-refractivity contribution in [1.82, 2.24) is 4.57 Å². The lowest BCUT2D eigenvalue weighted by Gasteiger charge is -2.07.